The summed E-state index contributed by atoms with van der Waals surface area (Å²) in [6.45, 7) is 1.48. The van der Waals surface area contributed by atoms with Crippen LogP contribution in [0.4, 0.5) is 11.5 Å². The molecular formula is C40H38N4O6S. The fraction of sp³-hybridized carbons (Fsp3) is 0.200. The molecule has 7 rings (SSSR count). The second kappa shape index (κ2) is 14.3. The maximum atomic E-state index is 15.0. The number of aromatic nitrogens is 2. The minimum absolute atomic E-state index is 0.0617. The number of esters is 1. The lowest BCUT2D eigenvalue weighted by atomic mass is 10.1. The van der Waals surface area contributed by atoms with Gasteiger partial charge in [-0.3, -0.25) is 0 Å². The van der Waals surface area contributed by atoms with Crippen LogP contribution in [0.15, 0.2) is 126 Å². The number of hydrogen-bond acceptors (Lipinski definition) is 9. The molecule has 1 aliphatic heterocycles. The largest absolute Gasteiger partial charge is 0.496 e. The van der Waals surface area contributed by atoms with E-state index in [9.17, 15) is 18.3 Å². The van der Waals surface area contributed by atoms with Crippen molar-refractivity contribution in [2.45, 2.75) is 37.1 Å². The number of anilines is 2. The van der Waals surface area contributed by atoms with E-state index in [1.807, 2.05) is 76.5 Å². The summed E-state index contributed by atoms with van der Waals surface area (Å²) < 4.78 is 42.3. The molecule has 2 aromatic heterocycles. The Kier molecular flexibility index (Phi) is 9.48. The number of nitrogens with zero attached hydrogens (tertiary/aromatic N) is 4. The molecule has 1 atom stereocenters. The van der Waals surface area contributed by atoms with Crippen molar-refractivity contribution in [1.29, 1.82) is 0 Å². The first-order valence-electron chi connectivity index (χ1n) is 16.7. The number of benzene rings is 4. The minimum atomic E-state index is -4.32. The number of pyridine rings is 1. The Balaban J connectivity index is 1.54. The van der Waals surface area contributed by atoms with Gasteiger partial charge in [0.2, 0.25) is 0 Å². The molecule has 1 saturated heterocycles. The summed E-state index contributed by atoms with van der Waals surface area (Å²) in [4.78, 5) is 22.1. The Morgan fingerprint density at radius 2 is 1.51 bits per heavy atom. The average Bonchev–Trinajstić information content (AvgIpc) is 3.79. The smallest absolute Gasteiger partial charge is 0.340 e. The van der Waals surface area contributed by atoms with Gasteiger partial charge in [0.1, 0.15) is 17.5 Å². The van der Waals surface area contributed by atoms with Crippen molar-refractivity contribution >= 4 is 38.4 Å². The van der Waals surface area contributed by atoms with Gasteiger partial charge < -0.3 is 24.4 Å². The Morgan fingerprint density at radius 3 is 2.08 bits per heavy atom. The van der Waals surface area contributed by atoms with Crippen molar-refractivity contribution in [3.63, 3.8) is 0 Å². The Morgan fingerprint density at radius 1 is 0.882 bits per heavy atom. The summed E-state index contributed by atoms with van der Waals surface area (Å²) in [7, 11) is -1.51. The molecule has 0 radical (unpaired) electrons. The van der Waals surface area contributed by atoms with Gasteiger partial charge in [-0.15, -0.1) is 0 Å². The van der Waals surface area contributed by atoms with Crippen LogP contribution in [-0.2, 0) is 27.8 Å². The first-order valence-corrected chi connectivity index (χ1v) is 18.1. The highest BCUT2D eigenvalue weighted by molar-refractivity contribution is 7.90. The zero-order chi connectivity index (χ0) is 35.5. The van der Waals surface area contributed by atoms with Crippen LogP contribution in [0.3, 0.4) is 0 Å². The number of rotatable bonds is 11. The molecule has 10 nitrogen and oxygen atoms in total. The lowest BCUT2D eigenvalue weighted by molar-refractivity contribution is 0.0602. The first kappa shape index (κ1) is 33.8. The Labute approximate surface area is 297 Å². The molecular weight excluding hydrogens is 665 g/mol. The first-order chi connectivity index (χ1) is 24.8. The summed E-state index contributed by atoms with van der Waals surface area (Å²) in [5, 5.41) is 11.0. The number of aliphatic hydroxyl groups excluding tert-OH is 1. The third kappa shape index (κ3) is 6.53. The van der Waals surface area contributed by atoms with Crippen molar-refractivity contribution in [3.8, 4) is 17.0 Å². The molecule has 0 saturated carbocycles. The number of aliphatic hydroxyl groups is 1. The Hall–Kier alpha value is -5.65. The minimum Gasteiger partial charge on any atom is -0.496 e. The summed E-state index contributed by atoms with van der Waals surface area (Å²) in [5.41, 5.74) is 3.84. The zero-order valence-electron chi connectivity index (χ0n) is 28.3. The fourth-order valence-corrected chi connectivity index (χ4v) is 8.28. The van der Waals surface area contributed by atoms with E-state index >= 15 is 0 Å². The van der Waals surface area contributed by atoms with Crippen LogP contribution >= 0.6 is 0 Å². The maximum absolute atomic E-state index is 15.0. The third-order valence-electron chi connectivity index (χ3n) is 9.21. The number of carbonyl (C=O) groups is 1. The zero-order valence-corrected chi connectivity index (χ0v) is 29.2. The summed E-state index contributed by atoms with van der Waals surface area (Å²) in [6.07, 6.45) is 2.33. The van der Waals surface area contributed by atoms with Crippen molar-refractivity contribution in [2.24, 2.45) is 0 Å². The summed E-state index contributed by atoms with van der Waals surface area (Å²) in [6, 6.07) is 35.1. The standard InChI is InChI=1S/C40H38N4O6S/c1-49-36-23-30(43-22-12-19-37(43)45)20-21-32(36)35-24-33-34(40(46)50-2)25-41-39(38(33)44(35)51(47,48)31-17-10-5-11-18-31)42(26-28-13-6-3-7-14-28)27-29-15-8-4-9-16-29/h3-11,13-18,20-21,23-25,37,45H,12,19,22,26-27H2,1-2H3. The van der Waals surface area contributed by atoms with Crippen LogP contribution in [0.5, 0.6) is 5.75 Å². The molecule has 6 aromatic rings. The highest BCUT2D eigenvalue weighted by Gasteiger charge is 2.32. The molecule has 11 heteroatoms. The lowest BCUT2D eigenvalue weighted by Gasteiger charge is -2.26. The van der Waals surface area contributed by atoms with Gasteiger partial charge in [-0.05, 0) is 54.3 Å². The second-order valence-electron chi connectivity index (χ2n) is 12.4. The molecule has 1 aliphatic rings. The van der Waals surface area contributed by atoms with Gasteiger partial charge >= 0.3 is 5.97 Å². The van der Waals surface area contributed by atoms with E-state index in [1.165, 1.54) is 24.4 Å². The van der Waals surface area contributed by atoms with E-state index in [0.717, 1.165) is 23.2 Å². The molecule has 1 N–H and O–H groups in total. The van der Waals surface area contributed by atoms with Crippen molar-refractivity contribution in [2.75, 3.05) is 30.6 Å². The van der Waals surface area contributed by atoms with Crippen molar-refractivity contribution < 1.29 is 27.8 Å². The third-order valence-corrected chi connectivity index (χ3v) is 10.9. The summed E-state index contributed by atoms with van der Waals surface area (Å²) in [5.74, 6) is 0.119. The molecule has 1 unspecified atom stereocenters. The monoisotopic (exact) mass is 702 g/mol. The molecule has 4 aromatic carbocycles. The Bertz CT molecular complexity index is 2240. The lowest BCUT2D eigenvalue weighted by Crippen LogP contribution is -2.28. The van der Waals surface area contributed by atoms with Gasteiger partial charge in [0, 0.05) is 48.5 Å². The van der Waals surface area contributed by atoms with Gasteiger partial charge in [0.15, 0.2) is 5.82 Å². The van der Waals surface area contributed by atoms with Crippen LogP contribution in [0.2, 0.25) is 0 Å². The molecule has 3 heterocycles. The van der Waals surface area contributed by atoms with E-state index in [0.29, 0.717) is 48.6 Å². The van der Waals surface area contributed by atoms with E-state index in [-0.39, 0.29) is 21.7 Å². The quantitative estimate of drug-likeness (QED) is 0.145. The topological polar surface area (TPSA) is 114 Å². The van der Waals surface area contributed by atoms with Crippen molar-refractivity contribution in [1.82, 2.24) is 8.96 Å². The molecule has 51 heavy (non-hydrogen) atoms. The van der Waals surface area contributed by atoms with Gasteiger partial charge in [-0.25, -0.2) is 22.2 Å². The second-order valence-corrected chi connectivity index (χ2v) is 14.2. The summed E-state index contributed by atoms with van der Waals surface area (Å²) >= 11 is 0. The molecule has 0 amide bonds. The molecule has 0 aliphatic carbocycles. The van der Waals surface area contributed by atoms with Crippen LogP contribution in [0.25, 0.3) is 22.2 Å². The number of ether oxygens (including phenoxy) is 2. The fourth-order valence-electron chi connectivity index (χ4n) is 6.74. The predicted octanol–water partition coefficient (Wildman–Crippen LogP) is 6.86. The van der Waals surface area contributed by atoms with Gasteiger partial charge in [0.25, 0.3) is 10.0 Å². The van der Waals surface area contributed by atoms with Crippen LogP contribution in [-0.4, -0.2) is 55.4 Å². The van der Waals surface area contributed by atoms with Crippen LogP contribution < -0.4 is 14.5 Å². The average molecular weight is 703 g/mol. The molecule has 0 bridgehead atoms. The van der Waals surface area contributed by atoms with Gasteiger partial charge in [-0.2, -0.15) is 0 Å². The van der Waals surface area contributed by atoms with E-state index in [2.05, 4.69) is 0 Å². The normalized spacial score (nSPS) is 14.5. The van der Waals surface area contributed by atoms with Crippen LogP contribution in [0, 0.1) is 0 Å². The van der Waals surface area contributed by atoms with Crippen molar-refractivity contribution in [3.05, 3.63) is 138 Å². The van der Waals surface area contributed by atoms with E-state index < -0.39 is 22.2 Å². The number of fused-ring (bicyclic) bond motifs is 1. The predicted molar refractivity (Wildman–Crippen MR) is 197 cm³/mol. The number of hydrogen-bond donors (Lipinski definition) is 1. The molecule has 1 fully saturated rings. The maximum Gasteiger partial charge on any atom is 0.340 e. The van der Waals surface area contributed by atoms with Crippen LogP contribution in [0.1, 0.15) is 34.3 Å². The SMILES string of the molecule is COC(=O)c1cnc(N(Cc2ccccc2)Cc2ccccc2)c2c1cc(-c1ccc(N3CCCC3O)cc1OC)n2S(=O)(=O)c1ccccc1. The van der Waals surface area contributed by atoms with E-state index in [4.69, 9.17) is 14.5 Å². The molecule has 260 valence electrons. The molecule has 0 spiro atoms. The van der Waals surface area contributed by atoms with E-state index in [1.54, 1.807) is 48.5 Å². The highest BCUT2D eigenvalue weighted by atomic mass is 32.2. The van der Waals surface area contributed by atoms with Gasteiger partial charge in [-0.1, -0.05) is 78.9 Å². The number of methoxy groups -OCH3 is 2. The highest BCUT2D eigenvalue weighted by Crippen LogP contribution is 2.43. The van der Waals surface area contributed by atoms with Gasteiger partial charge in [0.05, 0.1) is 30.4 Å². The number of carbonyl (C=O) groups excluding carboxylic acids is 1.